The van der Waals surface area contributed by atoms with Gasteiger partial charge in [0.15, 0.2) is 0 Å². The number of aromatic nitrogens is 2. The Balaban J connectivity index is 1.44. The normalized spacial score (nSPS) is 22.6. The molecule has 6 heteroatoms. The van der Waals surface area contributed by atoms with Crippen LogP contribution in [0.2, 0.25) is 0 Å². The van der Waals surface area contributed by atoms with Crippen LogP contribution in [0.25, 0.3) is 0 Å². The summed E-state index contributed by atoms with van der Waals surface area (Å²) in [5, 5.41) is 4.39. The van der Waals surface area contributed by atoms with Crippen molar-refractivity contribution in [3.8, 4) is 0 Å². The van der Waals surface area contributed by atoms with Crippen molar-refractivity contribution < 1.29 is 14.3 Å². The Bertz CT molecular complexity index is 814. The van der Waals surface area contributed by atoms with Gasteiger partial charge in [-0.05, 0) is 31.4 Å². The van der Waals surface area contributed by atoms with E-state index in [-0.39, 0.29) is 24.3 Å². The number of esters is 1. The summed E-state index contributed by atoms with van der Waals surface area (Å²) in [6.07, 6.45) is 5.57. The molecule has 2 atom stereocenters. The van der Waals surface area contributed by atoms with Gasteiger partial charge in [0.25, 0.3) is 0 Å². The quantitative estimate of drug-likeness (QED) is 0.807. The van der Waals surface area contributed by atoms with Crippen molar-refractivity contribution in [1.82, 2.24) is 14.7 Å². The van der Waals surface area contributed by atoms with E-state index in [0.717, 1.165) is 30.5 Å². The molecule has 4 rings (SSSR count). The first-order valence-electron chi connectivity index (χ1n) is 8.70. The summed E-state index contributed by atoms with van der Waals surface area (Å²) in [6, 6.07) is 7.51. The van der Waals surface area contributed by atoms with E-state index in [1.54, 1.807) is 6.07 Å². The van der Waals surface area contributed by atoms with Gasteiger partial charge in [0.05, 0.1) is 24.2 Å². The minimum Gasteiger partial charge on any atom is -0.453 e. The number of likely N-dealkylation sites (tertiary alicyclic amines) is 1. The highest BCUT2D eigenvalue weighted by Gasteiger charge is 2.34. The van der Waals surface area contributed by atoms with Crippen LogP contribution in [0, 0.1) is 6.92 Å². The molecule has 1 amide bonds. The zero-order chi connectivity index (χ0) is 17.4. The molecule has 1 aromatic carbocycles. The Labute approximate surface area is 146 Å². The second-order valence-electron chi connectivity index (χ2n) is 6.82. The van der Waals surface area contributed by atoms with Crippen LogP contribution in [0.4, 0.5) is 0 Å². The first kappa shape index (κ1) is 15.9. The van der Waals surface area contributed by atoms with Gasteiger partial charge in [0.2, 0.25) is 5.91 Å². The Hall–Kier alpha value is -2.63. The summed E-state index contributed by atoms with van der Waals surface area (Å²) >= 11 is 0. The monoisotopic (exact) mass is 339 g/mol. The Morgan fingerprint density at radius 2 is 2.20 bits per heavy atom. The Kier molecular flexibility index (Phi) is 4.03. The van der Waals surface area contributed by atoms with Gasteiger partial charge in [0.1, 0.15) is 6.10 Å². The number of nitrogens with zero attached hydrogens (tertiary/aromatic N) is 3. The zero-order valence-corrected chi connectivity index (χ0v) is 14.2. The number of aryl methyl sites for hydroxylation is 1. The van der Waals surface area contributed by atoms with E-state index < -0.39 is 6.10 Å². The molecule has 0 spiro atoms. The van der Waals surface area contributed by atoms with Crippen molar-refractivity contribution in [2.45, 2.75) is 38.3 Å². The molecule has 2 aliphatic heterocycles. The van der Waals surface area contributed by atoms with Crippen LogP contribution >= 0.6 is 0 Å². The maximum Gasteiger partial charge on any atom is 0.339 e. The van der Waals surface area contributed by atoms with Crippen LogP contribution in [0.5, 0.6) is 0 Å². The predicted molar refractivity (Wildman–Crippen MR) is 91.0 cm³/mol. The lowest BCUT2D eigenvalue weighted by Gasteiger charge is -2.33. The Morgan fingerprint density at radius 1 is 1.36 bits per heavy atom. The molecule has 2 unspecified atom stereocenters. The van der Waals surface area contributed by atoms with Gasteiger partial charge in [-0.3, -0.25) is 9.48 Å². The third-order valence-corrected chi connectivity index (χ3v) is 4.99. The van der Waals surface area contributed by atoms with Gasteiger partial charge in [-0.2, -0.15) is 5.10 Å². The van der Waals surface area contributed by atoms with Gasteiger partial charge in [-0.1, -0.05) is 18.2 Å². The molecular formula is C19H21N3O3. The smallest absolute Gasteiger partial charge is 0.339 e. The van der Waals surface area contributed by atoms with Crippen LogP contribution in [0.3, 0.4) is 0 Å². The van der Waals surface area contributed by atoms with Crippen LogP contribution < -0.4 is 0 Å². The number of carbonyl (C=O) groups excluding carboxylic acids is 2. The number of ether oxygens (including phenoxy) is 1. The number of hydrogen-bond acceptors (Lipinski definition) is 4. The second kappa shape index (κ2) is 6.35. The summed E-state index contributed by atoms with van der Waals surface area (Å²) in [5.41, 5.74) is 2.51. The average Bonchev–Trinajstić information content (AvgIpc) is 3.20. The molecule has 2 aliphatic rings. The SMILES string of the molecule is Cc1cnn(C2CCCN(C(=O)CC3OC(=O)c4ccccc43)C2)c1. The van der Waals surface area contributed by atoms with Crippen LogP contribution in [-0.4, -0.2) is 39.6 Å². The fourth-order valence-corrected chi connectivity index (χ4v) is 3.69. The zero-order valence-electron chi connectivity index (χ0n) is 14.2. The van der Waals surface area contributed by atoms with Crippen molar-refractivity contribution in [3.63, 3.8) is 0 Å². The van der Waals surface area contributed by atoms with Gasteiger partial charge in [-0.15, -0.1) is 0 Å². The first-order valence-corrected chi connectivity index (χ1v) is 8.70. The third-order valence-electron chi connectivity index (χ3n) is 4.99. The van der Waals surface area contributed by atoms with Crippen molar-refractivity contribution in [1.29, 1.82) is 0 Å². The molecule has 25 heavy (non-hydrogen) atoms. The molecule has 3 heterocycles. The van der Waals surface area contributed by atoms with Gasteiger partial charge in [0, 0.05) is 24.8 Å². The lowest BCUT2D eigenvalue weighted by molar-refractivity contribution is -0.135. The van der Waals surface area contributed by atoms with Gasteiger partial charge < -0.3 is 9.64 Å². The van der Waals surface area contributed by atoms with E-state index in [9.17, 15) is 9.59 Å². The molecule has 1 aromatic heterocycles. The maximum atomic E-state index is 12.8. The first-order chi connectivity index (χ1) is 12.1. The molecule has 0 bridgehead atoms. The molecule has 1 saturated heterocycles. The second-order valence-corrected chi connectivity index (χ2v) is 6.82. The molecular weight excluding hydrogens is 318 g/mol. The molecule has 0 N–H and O–H groups in total. The standard InChI is InChI=1S/C19H21N3O3/c1-13-10-20-22(11-13)14-5-4-8-21(12-14)18(23)9-17-15-6-2-3-7-16(15)19(24)25-17/h2-3,6-7,10-11,14,17H,4-5,8-9,12H2,1H3. The van der Waals surface area contributed by atoms with E-state index in [0.29, 0.717) is 12.1 Å². The van der Waals surface area contributed by atoms with Crippen molar-refractivity contribution >= 4 is 11.9 Å². The number of cyclic esters (lactones) is 1. The Morgan fingerprint density at radius 3 is 3.00 bits per heavy atom. The van der Waals surface area contributed by atoms with E-state index in [4.69, 9.17) is 4.74 Å². The van der Waals surface area contributed by atoms with Gasteiger partial charge in [-0.25, -0.2) is 4.79 Å². The number of benzene rings is 1. The minimum atomic E-state index is -0.469. The lowest BCUT2D eigenvalue weighted by Crippen LogP contribution is -2.41. The minimum absolute atomic E-state index is 0.0306. The fourth-order valence-electron chi connectivity index (χ4n) is 3.69. The number of piperidine rings is 1. The predicted octanol–water partition coefficient (Wildman–Crippen LogP) is 2.66. The van der Waals surface area contributed by atoms with E-state index in [1.165, 1.54) is 0 Å². The fraction of sp³-hybridized carbons (Fsp3) is 0.421. The summed E-state index contributed by atoms with van der Waals surface area (Å²) < 4.78 is 7.36. The topological polar surface area (TPSA) is 64.4 Å². The van der Waals surface area contributed by atoms with Gasteiger partial charge >= 0.3 is 5.97 Å². The molecule has 0 radical (unpaired) electrons. The van der Waals surface area contributed by atoms with E-state index in [1.807, 2.05) is 47.1 Å². The number of carbonyl (C=O) groups is 2. The number of rotatable bonds is 3. The number of fused-ring (bicyclic) bond motifs is 1. The molecule has 0 aliphatic carbocycles. The lowest BCUT2D eigenvalue weighted by atomic mass is 10.0. The largest absolute Gasteiger partial charge is 0.453 e. The molecule has 2 aromatic rings. The van der Waals surface area contributed by atoms with Crippen LogP contribution in [0.15, 0.2) is 36.7 Å². The number of hydrogen-bond donors (Lipinski definition) is 0. The third kappa shape index (κ3) is 3.04. The average molecular weight is 339 g/mol. The summed E-state index contributed by atoms with van der Waals surface area (Å²) in [5.74, 6) is -0.306. The summed E-state index contributed by atoms with van der Waals surface area (Å²) in [4.78, 5) is 26.5. The van der Waals surface area contributed by atoms with E-state index in [2.05, 4.69) is 5.10 Å². The molecule has 1 fully saturated rings. The van der Waals surface area contributed by atoms with Crippen molar-refractivity contribution in [2.24, 2.45) is 0 Å². The highest BCUT2D eigenvalue weighted by Crippen LogP contribution is 2.33. The van der Waals surface area contributed by atoms with Crippen LogP contribution in [0.1, 0.15) is 52.9 Å². The highest BCUT2D eigenvalue weighted by atomic mass is 16.5. The highest BCUT2D eigenvalue weighted by molar-refractivity contribution is 5.94. The summed E-state index contributed by atoms with van der Waals surface area (Å²) in [6.45, 7) is 3.42. The summed E-state index contributed by atoms with van der Waals surface area (Å²) in [7, 11) is 0. The van der Waals surface area contributed by atoms with Crippen LogP contribution in [-0.2, 0) is 9.53 Å². The van der Waals surface area contributed by atoms with Crippen molar-refractivity contribution in [3.05, 3.63) is 53.3 Å². The maximum absolute atomic E-state index is 12.8. The molecule has 0 saturated carbocycles. The van der Waals surface area contributed by atoms with Crippen molar-refractivity contribution in [2.75, 3.05) is 13.1 Å². The van der Waals surface area contributed by atoms with E-state index >= 15 is 0 Å². The number of amides is 1. The molecule has 130 valence electrons. The molecule has 6 nitrogen and oxygen atoms in total.